The summed E-state index contributed by atoms with van der Waals surface area (Å²) in [5.74, 6) is 1.20. The van der Waals surface area contributed by atoms with Crippen LogP contribution in [0.2, 0.25) is 0 Å². The maximum absolute atomic E-state index is 5.66. The minimum atomic E-state index is 0.554. The van der Waals surface area contributed by atoms with E-state index in [9.17, 15) is 0 Å². The summed E-state index contributed by atoms with van der Waals surface area (Å²) in [4.78, 5) is 2.32. The Hall–Kier alpha value is -0.190. The number of rotatable bonds is 6. The molecule has 0 aromatic heterocycles. The molecule has 0 radical (unpaired) electrons. The fraction of sp³-hybridized carbons (Fsp3) is 0.538. The van der Waals surface area contributed by atoms with E-state index in [0.717, 1.165) is 10.0 Å². The predicted octanol–water partition coefficient (Wildman–Crippen LogP) is 3.49. The summed E-state index contributed by atoms with van der Waals surface area (Å²) in [6.45, 7) is 2.84. The number of benzene rings is 1. The molecule has 0 aliphatic carbocycles. The maximum Gasteiger partial charge on any atom is 0.0377 e. The molecule has 0 aliphatic heterocycles. The third-order valence-corrected chi connectivity index (χ3v) is 4.45. The van der Waals surface area contributed by atoms with Crippen LogP contribution in [0, 0.1) is 0 Å². The lowest BCUT2D eigenvalue weighted by molar-refractivity contribution is 0.669. The molecular formula is C13H21BrN2S. The van der Waals surface area contributed by atoms with Gasteiger partial charge in [-0.25, -0.2) is 0 Å². The minimum absolute atomic E-state index is 0.554. The summed E-state index contributed by atoms with van der Waals surface area (Å²) in [6.07, 6.45) is 3.35. The molecule has 0 spiro atoms. The van der Waals surface area contributed by atoms with Gasteiger partial charge in [0.2, 0.25) is 0 Å². The molecule has 0 saturated heterocycles. The van der Waals surface area contributed by atoms with E-state index in [0.29, 0.717) is 12.6 Å². The number of hydrogen-bond donors (Lipinski definition) is 1. The molecule has 1 aromatic rings. The van der Waals surface area contributed by atoms with Gasteiger partial charge in [-0.1, -0.05) is 22.0 Å². The SMILES string of the molecule is CSCCC(C)N(C)c1ccc(CN)c(Br)c1. The zero-order valence-electron chi connectivity index (χ0n) is 10.7. The molecule has 0 bridgehead atoms. The Bertz CT molecular complexity index is 357. The fourth-order valence-corrected chi connectivity index (χ4v) is 2.76. The number of thioether (sulfide) groups is 1. The molecule has 0 saturated carbocycles. The van der Waals surface area contributed by atoms with Crippen molar-refractivity contribution in [3.63, 3.8) is 0 Å². The Balaban J connectivity index is 2.74. The van der Waals surface area contributed by atoms with Crippen LogP contribution in [0.15, 0.2) is 22.7 Å². The average Bonchev–Trinajstić information content (AvgIpc) is 2.34. The van der Waals surface area contributed by atoms with E-state index >= 15 is 0 Å². The monoisotopic (exact) mass is 316 g/mol. The molecule has 96 valence electrons. The maximum atomic E-state index is 5.66. The van der Waals surface area contributed by atoms with E-state index in [2.05, 4.69) is 59.3 Å². The van der Waals surface area contributed by atoms with Gasteiger partial charge in [-0.3, -0.25) is 0 Å². The molecule has 1 atom stereocenters. The van der Waals surface area contributed by atoms with Crippen LogP contribution in [0.25, 0.3) is 0 Å². The molecular weight excluding hydrogens is 296 g/mol. The van der Waals surface area contributed by atoms with E-state index in [1.54, 1.807) is 0 Å². The molecule has 0 fully saturated rings. The minimum Gasteiger partial charge on any atom is -0.372 e. The van der Waals surface area contributed by atoms with E-state index in [1.165, 1.54) is 17.9 Å². The second-order valence-corrected chi connectivity index (χ2v) is 6.06. The first-order valence-electron chi connectivity index (χ1n) is 5.80. The quantitative estimate of drug-likeness (QED) is 0.871. The third-order valence-electron chi connectivity index (χ3n) is 3.06. The van der Waals surface area contributed by atoms with Crippen molar-refractivity contribution >= 4 is 33.4 Å². The number of anilines is 1. The first-order chi connectivity index (χ1) is 8.10. The van der Waals surface area contributed by atoms with Crippen molar-refractivity contribution in [2.75, 3.05) is 24.0 Å². The summed E-state index contributed by atoms with van der Waals surface area (Å²) in [6, 6.07) is 6.94. The normalized spacial score (nSPS) is 12.5. The summed E-state index contributed by atoms with van der Waals surface area (Å²) in [5, 5.41) is 0. The molecule has 2 nitrogen and oxygen atoms in total. The molecule has 2 N–H and O–H groups in total. The lowest BCUT2D eigenvalue weighted by atomic mass is 10.1. The van der Waals surface area contributed by atoms with E-state index in [1.807, 2.05) is 11.8 Å². The van der Waals surface area contributed by atoms with Crippen LogP contribution >= 0.6 is 27.7 Å². The second-order valence-electron chi connectivity index (χ2n) is 4.22. The standard InChI is InChI=1S/C13H21BrN2S/c1-10(6-7-17-3)16(2)12-5-4-11(9-15)13(14)8-12/h4-5,8,10H,6-7,9,15H2,1-3H3. The molecule has 4 heteroatoms. The number of nitrogens with zero attached hydrogens (tertiary/aromatic N) is 1. The highest BCUT2D eigenvalue weighted by atomic mass is 79.9. The third kappa shape index (κ3) is 4.19. The van der Waals surface area contributed by atoms with Crippen LogP contribution in [0.3, 0.4) is 0 Å². The van der Waals surface area contributed by atoms with Crippen LogP contribution < -0.4 is 10.6 Å². The Morgan fingerprint density at radius 3 is 2.71 bits per heavy atom. The smallest absolute Gasteiger partial charge is 0.0377 e. The van der Waals surface area contributed by atoms with Crippen LogP contribution in [0.5, 0.6) is 0 Å². The second kappa shape index (κ2) is 7.29. The zero-order valence-corrected chi connectivity index (χ0v) is 13.1. The molecule has 0 aliphatic rings. The number of hydrogen-bond acceptors (Lipinski definition) is 3. The van der Waals surface area contributed by atoms with Gasteiger partial charge in [0.1, 0.15) is 0 Å². The Morgan fingerprint density at radius 1 is 1.47 bits per heavy atom. The Labute approximate surface area is 117 Å². The van der Waals surface area contributed by atoms with Crippen LogP contribution in [0.1, 0.15) is 18.9 Å². The van der Waals surface area contributed by atoms with Crippen molar-refractivity contribution in [2.24, 2.45) is 5.73 Å². The summed E-state index contributed by atoms with van der Waals surface area (Å²) in [5.41, 5.74) is 8.05. The van der Waals surface area contributed by atoms with Crippen molar-refractivity contribution in [2.45, 2.75) is 25.9 Å². The van der Waals surface area contributed by atoms with Gasteiger partial charge >= 0.3 is 0 Å². The summed E-state index contributed by atoms with van der Waals surface area (Å²) < 4.78 is 1.10. The molecule has 17 heavy (non-hydrogen) atoms. The van der Waals surface area contributed by atoms with E-state index in [-0.39, 0.29) is 0 Å². The highest BCUT2D eigenvalue weighted by Gasteiger charge is 2.10. The highest BCUT2D eigenvalue weighted by Crippen LogP contribution is 2.25. The molecule has 1 rings (SSSR count). The molecule has 0 amide bonds. The Kier molecular flexibility index (Phi) is 6.38. The average molecular weight is 317 g/mol. The topological polar surface area (TPSA) is 29.3 Å². The van der Waals surface area contributed by atoms with E-state index < -0.39 is 0 Å². The van der Waals surface area contributed by atoms with E-state index in [4.69, 9.17) is 5.73 Å². The predicted molar refractivity (Wildman–Crippen MR) is 82.9 cm³/mol. The first kappa shape index (κ1) is 14.9. The van der Waals surface area contributed by atoms with Gasteiger partial charge in [-0.05, 0) is 43.0 Å². The van der Waals surface area contributed by atoms with Gasteiger partial charge in [0.05, 0.1) is 0 Å². The van der Waals surface area contributed by atoms with Crippen molar-refractivity contribution in [3.8, 4) is 0 Å². The van der Waals surface area contributed by atoms with Crippen molar-refractivity contribution < 1.29 is 0 Å². The molecule has 1 unspecified atom stereocenters. The molecule has 0 heterocycles. The van der Waals surface area contributed by atoms with Crippen LogP contribution in [-0.4, -0.2) is 25.1 Å². The first-order valence-corrected chi connectivity index (χ1v) is 7.99. The van der Waals surface area contributed by atoms with Gasteiger partial charge in [-0.15, -0.1) is 0 Å². The van der Waals surface area contributed by atoms with Crippen molar-refractivity contribution in [1.82, 2.24) is 0 Å². The Morgan fingerprint density at radius 2 is 2.18 bits per heavy atom. The number of halogens is 1. The number of nitrogens with two attached hydrogens (primary N) is 1. The van der Waals surface area contributed by atoms with Crippen LogP contribution in [0.4, 0.5) is 5.69 Å². The van der Waals surface area contributed by atoms with Gasteiger partial charge < -0.3 is 10.6 Å². The molecule has 1 aromatic carbocycles. The fourth-order valence-electron chi connectivity index (χ4n) is 1.66. The zero-order chi connectivity index (χ0) is 12.8. The summed E-state index contributed by atoms with van der Waals surface area (Å²) in [7, 11) is 2.15. The highest BCUT2D eigenvalue weighted by molar-refractivity contribution is 9.10. The lowest BCUT2D eigenvalue weighted by Crippen LogP contribution is -2.29. The summed E-state index contributed by atoms with van der Waals surface area (Å²) >= 11 is 5.47. The van der Waals surface area contributed by atoms with Gasteiger partial charge in [0, 0.05) is 29.8 Å². The van der Waals surface area contributed by atoms with Crippen LogP contribution in [-0.2, 0) is 6.54 Å². The van der Waals surface area contributed by atoms with Crippen molar-refractivity contribution in [3.05, 3.63) is 28.2 Å². The van der Waals surface area contributed by atoms with Crippen molar-refractivity contribution in [1.29, 1.82) is 0 Å². The largest absolute Gasteiger partial charge is 0.372 e. The lowest BCUT2D eigenvalue weighted by Gasteiger charge is -2.27. The van der Waals surface area contributed by atoms with Gasteiger partial charge in [0.25, 0.3) is 0 Å². The van der Waals surface area contributed by atoms with Gasteiger partial charge in [0.15, 0.2) is 0 Å². The van der Waals surface area contributed by atoms with Gasteiger partial charge in [-0.2, -0.15) is 11.8 Å².